The van der Waals surface area contributed by atoms with Gasteiger partial charge in [-0.2, -0.15) is 0 Å². The number of nitrogens with one attached hydrogen (secondary N) is 2. The second-order valence-electron chi connectivity index (χ2n) is 4.67. The molecule has 1 atom stereocenters. The van der Waals surface area contributed by atoms with Gasteiger partial charge in [-0.3, -0.25) is 14.9 Å². The van der Waals surface area contributed by atoms with Crippen LogP contribution in [0.2, 0.25) is 0 Å². The summed E-state index contributed by atoms with van der Waals surface area (Å²) in [7, 11) is 1.46. The van der Waals surface area contributed by atoms with Crippen LogP contribution >= 0.6 is 0 Å². The number of anilines is 1. The van der Waals surface area contributed by atoms with E-state index in [0.717, 1.165) is 19.4 Å². The molecule has 2 N–H and O–H groups in total. The molecular weight excluding hydrogens is 262 g/mol. The van der Waals surface area contributed by atoms with Gasteiger partial charge in [-0.15, -0.1) is 0 Å². The van der Waals surface area contributed by atoms with Crippen LogP contribution in [0.4, 0.5) is 11.4 Å². The van der Waals surface area contributed by atoms with E-state index >= 15 is 0 Å². The molecule has 0 bridgehead atoms. The minimum atomic E-state index is -0.503. The third kappa shape index (κ3) is 3.24. The molecule has 1 fully saturated rings. The summed E-state index contributed by atoms with van der Waals surface area (Å²) >= 11 is 0. The number of ether oxygens (including phenoxy) is 1. The molecule has 1 aliphatic heterocycles. The minimum absolute atomic E-state index is 0.0807. The molecular formula is C13H17N3O4. The van der Waals surface area contributed by atoms with Gasteiger partial charge >= 0.3 is 0 Å². The van der Waals surface area contributed by atoms with Crippen LogP contribution in [0.25, 0.3) is 0 Å². The van der Waals surface area contributed by atoms with Crippen LogP contribution < -0.4 is 15.4 Å². The quantitative estimate of drug-likeness (QED) is 0.644. The van der Waals surface area contributed by atoms with Gasteiger partial charge in [-0.1, -0.05) is 0 Å². The highest BCUT2D eigenvalue weighted by Gasteiger charge is 2.22. The number of piperidine rings is 1. The van der Waals surface area contributed by atoms with Crippen LogP contribution in [0, 0.1) is 16.0 Å². The molecule has 0 aromatic heterocycles. The molecule has 1 aliphatic rings. The Labute approximate surface area is 116 Å². The molecule has 1 aromatic carbocycles. The third-order valence-electron chi connectivity index (χ3n) is 3.32. The number of nitro groups is 1. The average Bonchev–Trinajstić information content (AvgIpc) is 2.48. The molecule has 1 saturated heterocycles. The first kappa shape index (κ1) is 14.3. The first-order valence-electron chi connectivity index (χ1n) is 6.46. The van der Waals surface area contributed by atoms with Crippen LogP contribution in [-0.4, -0.2) is 31.0 Å². The first-order chi connectivity index (χ1) is 9.61. The fourth-order valence-electron chi connectivity index (χ4n) is 2.22. The van der Waals surface area contributed by atoms with E-state index in [1.54, 1.807) is 0 Å². The second-order valence-corrected chi connectivity index (χ2v) is 4.67. The Morgan fingerprint density at radius 2 is 2.35 bits per heavy atom. The molecule has 1 aromatic rings. The Morgan fingerprint density at radius 3 is 2.95 bits per heavy atom. The highest BCUT2D eigenvalue weighted by atomic mass is 16.6. The van der Waals surface area contributed by atoms with Gasteiger partial charge in [0.25, 0.3) is 5.69 Å². The maximum Gasteiger partial charge on any atom is 0.271 e. The standard InChI is InChI=1S/C13H17N3O4/c1-20-12-5-4-10(16(18)19)7-11(12)15-13(17)9-3-2-6-14-8-9/h4-5,7,9,14H,2-3,6,8H2,1H3,(H,15,17). The Hall–Kier alpha value is -2.15. The van der Waals surface area contributed by atoms with Crippen molar-refractivity contribution in [1.29, 1.82) is 0 Å². The highest BCUT2D eigenvalue weighted by Crippen LogP contribution is 2.29. The summed E-state index contributed by atoms with van der Waals surface area (Å²) in [5.74, 6) is 0.149. The van der Waals surface area contributed by atoms with Gasteiger partial charge in [0.15, 0.2) is 0 Å². The van der Waals surface area contributed by atoms with Crippen molar-refractivity contribution < 1.29 is 14.5 Å². The lowest BCUT2D eigenvalue weighted by molar-refractivity contribution is -0.384. The van der Waals surface area contributed by atoms with Crippen molar-refractivity contribution in [3.63, 3.8) is 0 Å². The predicted octanol–water partition coefficient (Wildman–Crippen LogP) is 1.54. The highest BCUT2D eigenvalue weighted by molar-refractivity contribution is 5.94. The van der Waals surface area contributed by atoms with Gasteiger partial charge in [0.1, 0.15) is 5.75 Å². The summed E-state index contributed by atoms with van der Waals surface area (Å²) in [6.07, 6.45) is 1.76. The zero-order valence-corrected chi connectivity index (χ0v) is 11.2. The number of hydrogen-bond donors (Lipinski definition) is 2. The molecule has 1 unspecified atom stereocenters. The second kappa shape index (κ2) is 6.33. The smallest absolute Gasteiger partial charge is 0.271 e. The van der Waals surface area contributed by atoms with Gasteiger partial charge in [-0.25, -0.2) is 0 Å². The summed E-state index contributed by atoms with van der Waals surface area (Å²) in [6, 6.07) is 4.14. The topological polar surface area (TPSA) is 93.5 Å². The lowest BCUT2D eigenvalue weighted by atomic mass is 9.99. The number of carbonyl (C=O) groups excluding carboxylic acids is 1. The number of benzene rings is 1. The normalized spacial score (nSPS) is 18.4. The van der Waals surface area contributed by atoms with E-state index in [2.05, 4.69) is 10.6 Å². The maximum absolute atomic E-state index is 12.1. The van der Waals surface area contributed by atoms with Crippen molar-refractivity contribution in [2.45, 2.75) is 12.8 Å². The third-order valence-corrected chi connectivity index (χ3v) is 3.32. The lowest BCUT2D eigenvalue weighted by Crippen LogP contribution is -2.37. The molecule has 0 spiro atoms. The largest absolute Gasteiger partial charge is 0.495 e. The van der Waals surface area contributed by atoms with Crippen LogP contribution in [0.5, 0.6) is 5.75 Å². The van der Waals surface area contributed by atoms with Crippen molar-refractivity contribution in [3.05, 3.63) is 28.3 Å². The molecule has 1 amide bonds. The van der Waals surface area contributed by atoms with E-state index in [1.807, 2.05) is 0 Å². The molecule has 0 radical (unpaired) electrons. The van der Waals surface area contributed by atoms with Gasteiger partial charge in [0.05, 0.1) is 23.6 Å². The minimum Gasteiger partial charge on any atom is -0.495 e. The Kier molecular flexibility index (Phi) is 4.52. The summed E-state index contributed by atoms with van der Waals surface area (Å²) in [6.45, 7) is 1.55. The van der Waals surface area contributed by atoms with Crippen LogP contribution in [0.3, 0.4) is 0 Å². The molecule has 0 aliphatic carbocycles. The molecule has 7 heteroatoms. The van der Waals surface area contributed by atoms with Crippen molar-refractivity contribution >= 4 is 17.3 Å². The van der Waals surface area contributed by atoms with Crippen molar-refractivity contribution in [3.8, 4) is 5.75 Å². The molecule has 108 valence electrons. The zero-order chi connectivity index (χ0) is 14.5. The first-order valence-corrected chi connectivity index (χ1v) is 6.46. The van der Waals surface area contributed by atoms with Gasteiger partial charge < -0.3 is 15.4 Å². The van der Waals surface area contributed by atoms with Crippen molar-refractivity contribution in [2.24, 2.45) is 5.92 Å². The van der Waals surface area contributed by atoms with Crippen molar-refractivity contribution in [2.75, 3.05) is 25.5 Å². The Balaban J connectivity index is 2.15. The van der Waals surface area contributed by atoms with E-state index < -0.39 is 4.92 Å². The number of nitro benzene ring substituents is 1. The Bertz CT molecular complexity index is 512. The number of carbonyl (C=O) groups is 1. The monoisotopic (exact) mass is 279 g/mol. The number of hydrogen-bond acceptors (Lipinski definition) is 5. The SMILES string of the molecule is COc1ccc([N+](=O)[O-])cc1NC(=O)C1CCCNC1. The predicted molar refractivity (Wildman–Crippen MR) is 73.9 cm³/mol. The fourth-order valence-corrected chi connectivity index (χ4v) is 2.22. The Morgan fingerprint density at radius 1 is 1.55 bits per heavy atom. The summed E-state index contributed by atoms with van der Waals surface area (Å²) in [5.41, 5.74) is 0.250. The van der Waals surface area contributed by atoms with E-state index in [4.69, 9.17) is 4.74 Å². The molecule has 1 heterocycles. The zero-order valence-electron chi connectivity index (χ0n) is 11.2. The molecule has 0 saturated carbocycles. The number of amides is 1. The van der Waals surface area contributed by atoms with Crippen molar-refractivity contribution in [1.82, 2.24) is 5.32 Å². The summed E-state index contributed by atoms with van der Waals surface area (Å²) in [5, 5.41) is 16.7. The maximum atomic E-state index is 12.1. The summed E-state index contributed by atoms with van der Waals surface area (Å²) in [4.78, 5) is 22.4. The lowest BCUT2D eigenvalue weighted by Gasteiger charge is -2.22. The number of nitrogens with zero attached hydrogens (tertiary/aromatic N) is 1. The molecule has 2 rings (SSSR count). The van der Waals surface area contributed by atoms with Crippen LogP contribution in [-0.2, 0) is 4.79 Å². The van der Waals surface area contributed by atoms with E-state index in [9.17, 15) is 14.9 Å². The number of non-ortho nitro benzene ring substituents is 1. The van der Waals surface area contributed by atoms with E-state index in [-0.39, 0.29) is 17.5 Å². The number of methoxy groups -OCH3 is 1. The number of rotatable bonds is 4. The molecule has 7 nitrogen and oxygen atoms in total. The van der Waals surface area contributed by atoms with Gasteiger partial charge in [0, 0.05) is 18.7 Å². The summed E-state index contributed by atoms with van der Waals surface area (Å²) < 4.78 is 5.12. The van der Waals surface area contributed by atoms with Crippen LogP contribution in [0.15, 0.2) is 18.2 Å². The van der Waals surface area contributed by atoms with E-state index in [1.165, 1.54) is 25.3 Å². The molecule has 20 heavy (non-hydrogen) atoms. The van der Waals surface area contributed by atoms with Gasteiger partial charge in [-0.05, 0) is 25.5 Å². The average molecular weight is 279 g/mol. The van der Waals surface area contributed by atoms with Gasteiger partial charge in [0.2, 0.25) is 5.91 Å². The fraction of sp³-hybridized carbons (Fsp3) is 0.462. The van der Waals surface area contributed by atoms with E-state index in [0.29, 0.717) is 18.0 Å². The van der Waals surface area contributed by atoms with Crippen LogP contribution in [0.1, 0.15) is 12.8 Å².